The van der Waals surface area contributed by atoms with Crippen molar-refractivity contribution in [1.29, 1.82) is 0 Å². The van der Waals surface area contributed by atoms with Crippen LogP contribution >= 0.6 is 0 Å². The summed E-state index contributed by atoms with van der Waals surface area (Å²) in [4.78, 5) is 32.0. The molecule has 0 saturated heterocycles. The minimum absolute atomic E-state index is 0.0802. The standard InChI is InChI=1S/C26H30N4O2/c1-29(21-12-6-3-7-13-21)26(32)19-30-23-15-9-8-14-22(23)28-24(30)18-27-25(31)17-16-20-10-4-2-5-11-20/h2,4-5,8-11,14-17,21H,3,6-7,12-13,18-19H2,1H3,(H,27,31)/b17-16-. The van der Waals surface area contributed by atoms with Gasteiger partial charge in [-0.25, -0.2) is 4.98 Å². The van der Waals surface area contributed by atoms with E-state index in [1.807, 2.05) is 71.1 Å². The van der Waals surface area contributed by atoms with Crippen LogP contribution in [0.4, 0.5) is 0 Å². The molecular formula is C26H30N4O2. The van der Waals surface area contributed by atoms with Gasteiger partial charge in [-0.3, -0.25) is 9.59 Å². The summed E-state index contributed by atoms with van der Waals surface area (Å²) in [6.45, 7) is 0.478. The molecule has 1 aromatic heterocycles. The smallest absolute Gasteiger partial charge is 0.244 e. The molecule has 6 heteroatoms. The van der Waals surface area contributed by atoms with Crippen LogP contribution in [0, 0.1) is 0 Å². The first kappa shape index (κ1) is 21.8. The highest BCUT2D eigenvalue weighted by atomic mass is 16.2. The van der Waals surface area contributed by atoms with Gasteiger partial charge in [-0.15, -0.1) is 0 Å². The molecule has 1 aliphatic carbocycles. The molecule has 166 valence electrons. The number of aromatic nitrogens is 2. The number of nitrogens with zero attached hydrogens (tertiary/aromatic N) is 3. The first-order valence-electron chi connectivity index (χ1n) is 11.3. The Labute approximate surface area is 188 Å². The van der Waals surface area contributed by atoms with E-state index in [9.17, 15) is 9.59 Å². The molecule has 4 rings (SSSR count). The minimum atomic E-state index is -0.196. The zero-order valence-electron chi connectivity index (χ0n) is 18.5. The number of carbonyl (C=O) groups excluding carboxylic acids is 2. The van der Waals surface area contributed by atoms with Crippen molar-refractivity contribution in [2.75, 3.05) is 7.05 Å². The van der Waals surface area contributed by atoms with E-state index in [0.29, 0.717) is 11.9 Å². The third-order valence-corrected chi connectivity index (χ3v) is 6.19. The number of carbonyl (C=O) groups is 2. The lowest BCUT2D eigenvalue weighted by atomic mass is 9.94. The number of para-hydroxylation sites is 2. The van der Waals surface area contributed by atoms with E-state index in [2.05, 4.69) is 10.3 Å². The van der Waals surface area contributed by atoms with E-state index in [1.165, 1.54) is 25.3 Å². The second-order valence-electron chi connectivity index (χ2n) is 8.36. The van der Waals surface area contributed by atoms with Crippen LogP contribution < -0.4 is 5.32 Å². The number of fused-ring (bicyclic) bond motifs is 1. The Bertz CT molecular complexity index is 1100. The van der Waals surface area contributed by atoms with E-state index in [-0.39, 0.29) is 24.9 Å². The first-order valence-corrected chi connectivity index (χ1v) is 11.3. The van der Waals surface area contributed by atoms with Crippen LogP contribution in [0.3, 0.4) is 0 Å². The van der Waals surface area contributed by atoms with E-state index < -0.39 is 0 Å². The molecule has 3 aromatic rings. The minimum Gasteiger partial charge on any atom is -0.345 e. The number of benzene rings is 2. The fraction of sp³-hybridized carbons (Fsp3) is 0.346. The van der Waals surface area contributed by atoms with Crippen molar-refractivity contribution in [1.82, 2.24) is 19.8 Å². The van der Waals surface area contributed by atoms with E-state index >= 15 is 0 Å². The van der Waals surface area contributed by atoms with Gasteiger partial charge in [0.05, 0.1) is 17.6 Å². The fourth-order valence-corrected chi connectivity index (χ4v) is 4.32. The van der Waals surface area contributed by atoms with Gasteiger partial charge in [0.15, 0.2) is 0 Å². The molecule has 2 aromatic carbocycles. The van der Waals surface area contributed by atoms with Crippen molar-refractivity contribution in [3.63, 3.8) is 0 Å². The van der Waals surface area contributed by atoms with Crippen molar-refractivity contribution in [2.45, 2.75) is 51.2 Å². The van der Waals surface area contributed by atoms with E-state index in [0.717, 1.165) is 29.4 Å². The summed E-state index contributed by atoms with van der Waals surface area (Å²) in [7, 11) is 1.91. The average Bonchev–Trinajstić information content (AvgIpc) is 3.19. The molecular weight excluding hydrogens is 400 g/mol. The van der Waals surface area contributed by atoms with Crippen molar-refractivity contribution in [2.24, 2.45) is 0 Å². The maximum Gasteiger partial charge on any atom is 0.244 e. The molecule has 1 aliphatic rings. The number of hydrogen-bond acceptors (Lipinski definition) is 3. The normalized spacial score (nSPS) is 14.7. The Morgan fingerprint density at radius 3 is 2.56 bits per heavy atom. The van der Waals surface area contributed by atoms with Gasteiger partial charge in [0.25, 0.3) is 0 Å². The third kappa shape index (κ3) is 5.25. The van der Waals surface area contributed by atoms with Crippen molar-refractivity contribution >= 4 is 28.9 Å². The lowest BCUT2D eigenvalue weighted by Crippen LogP contribution is -2.40. The number of likely N-dealkylation sites (N-methyl/N-ethyl adjacent to an activating group) is 1. The van der Waals surface area contributed by atoms with Crippen molar-refractivity contribution < 1.29 is 9.59 Å². The Balaban J connectivity index is 1.47. The SMILES string of the molecule is CN(C(=O)Cn1c(CNC(=O)/C=C\c2ccccc2)nc2ccccc21)C1CCCCC1. The molecule has 2 amide bonds. The maximum absolute atomic E-state index is 13.1. The molecule has 0 spiro atoms. The zero-order chi connectivity index (χ0) is 22.3. The summed E-state index contributed by atoms with van der Waals surface area (Å²) in [5, 5.41) is 2.90. The molecule has 0 unspecified atom stereocenters. The highest BCUT2D eigenvalue weighted by molar-refractivity contribution is 5.91. The second kappa shape index (κ2) is 10.3. The molecule has 32 heavy (non-hydrogen) atoms. The number of hydrogen-bond donors (Lipinski definition) is 1. The quantitative estimate of drug-likeness (QED) is 0.573. The van der Waals surface area contributed by atoms with Crippen LogP contribution in [-0.2, 0) is 22.7 Å². The van der Waals surface area contributed by atoms with Gasteiger partial charge in [-0.05, 0) is 36.6 Å². The van der Waals surface area contributed by atoms with Gasteiger partial charge in [-0.2, -0.15) is 0 Å². The highest BCUT2D eigenvalue weighted by Gasteiger charge is 2.23. The van der Waals surface area contributed by atoms with Crippen LogP contribution in [0.2, 0.25) is 0 Å². The summed E-state index contributed by atoms with van der Waals surface area (Å²) < 4.78 is 1.93. The highest BCUT2D eigenvalue weighted by Crippen LogP contribution is 2.23. The molecule has 0 radical (unpaired) electrons. The van der Waals surface area contributed by atoms with Gasteiger partial charge in [-0.1, -0.05) is 61.7 Å². The largest absolute Gasteiger partial charge is 0.345 e. The Kier molecular flexibility index (Phi) is 7.00. The Morgan fingerprint density at radius 2 is 1.78 bits per heavy atom. The van der Waals surface area contributed by atoms with Crippen molar-refractivity contribution in [3.05, 3.63) is 72.1 Å². The molecule has 0 aliphatic heterocycles. The Hall–Kier alpha value is -3.41. The molecule has 1 heterocycles. The number of amides is 2. The summed E-state index contributed by atoms with van der Waals surface area (Å²) in [6.07, 6.45) is 9.07. The summed E-state index contributed by atoms with van der Waals surface area (Å²) in [5.41, 5.74) is 2.69. The van der Waals surface area contributed by atoms with Crippen LogP contribution in [0.15, 0.2) is 60.7 Å². The van der Waals surface area contributed by atoms with Crippen LogP contribution in [0.1, 0.15) is 43.5 Å². The molecule has 6 nitrogen and oxygen atoms in total. The predicted molar refractivity (Wildman–Crippen MR) is 127 cm³/mol. The lowest BCUT2D eigenvalue weighted by molar-refractivity contribution is -0.133. The number of rotatable bonds is 7. The lowest BCUT2D eigenvalue weighted by Gasteiger charge is -2.31. The monoisotopic (exact) mass is 430 g/mol. The van der Waals surface area contributed by atoms with Gasteiger partial charge in [0.2, 0.25) is 11.8 Å². The number of nitrogens with one attached hydrogen (secondary N) is 1. The van der Waals surface area contributed by atoms with E-state index in [4.69, 9.17) is 0 Å². The van der Waals surface area contributed by atoms with Gasteiger partial charge < -0.3 is 14.8 Å². The topological polar surface area (TPSA) is 67.2 Å². The third-order valence-electron chi connectivity index (χ3n) is 6.19. The number of imidazole rings is 1. The predicted octanol–water partition coefficient (Wildman–Crippen LogP) is 4.16. The van der Waals surface area contributed by atoms with Crippen molar-refractivity contribution in [3.8, 4) is 0 Å². The maximum atomic E-state index is 13.1. The van der Waals surface area contributed by atoms with Crippen LogP contribution in [-0.4, -0.2) is 39.4 Å². The van der Waals surface area contributed by atoms with Gasteiger partial charge in [0, 0.05) is 19.2 Å². The average molecular weight is 431 g/mol. The Morgan fingerprint density at radius 1 is 1.06 bits per heavy atom. The zero-order valence-corrected chi connectivity index (χ0v) is 18.5. The van der Waals surface area contributed by atoms with Crippen LogP contribution in [0.25, 0.3) is 17.1 Å². The molecule has 0 bridgehead atoms. The van der Waals surface area contributed by atoms with Crippen LogP contribution in [0.5, 0.6) is 0 Å². The first-order chi connectivity index (χ1) is 15.6. The van der Waals surface area contributed by atoms with Gasteiger partial charge in [0.1, 0.15) is 12.4 Å². The summed E-state index contributed by atoms with van der Waals surface area (Å²) in [6, 6.07) is 17.8. The van der Waals surface area contributed by atoms with E-state index in [1.54, 1.807) is 6.08 Å². The molecule has 1 fully saturated rings. The molecule has 1 saturated carbocycles. The molecule has 1 N–H and O–H groups in total. The second-order valence-corrected chi connectivity index (χ2v) is 8.36. The fourth-order valence-electron chi connectivity index (χ4n) is 4.32. The van der Waals surface area contributed by atoms with Gasteiger partial charge >= 0.3 is 0 Å². The summed E-state index contributed by atoms with van der Waals surface area (Å²) in [5.74, 6) is 0.563. The summed E-state index contributed by atoms with van der Waals surface area (Å²) >= 11 is 0. The molecule has 0 atom stereocenters.